The van der Waals surface area contributed by atoms with Crippen molar-refractivity contribution in [3.8, 4) is 0 Å². The maximum absolute atomic E-state index is 6.81. The van der Waals surface area contributed by atoms with E-state index in [1.165, 1.54) is 25.7 Å². The predicted octanol–water partition coefficient (Wildman–Crippen LogP) is 2.58. The van der Waals surface area contributed by atoms with E-state index in [0.29, 0.717) is 0 Å². The van der Waals surface area contributed by atoms with Crippen molar-refractivity contribution in [3.05, 3.63) is 0 Å². The largest absolute Gasteiger partial charge is 0.324 e. The van der Waals surface area contributed by atoms with Gasteiger partial charge >= 0.3 is 0 Å². The minimum atomic E-state index is -0.515. The summed E-state index contributed by atoms with van der Waals surface area (Å²) in [6, 6.07) is -0.000781. The molecular formula is C16H38N4. The molecular weight excluding hydrogens is 248 g/mol. The van der Waals surface area contributed by atoms with Crippen LogP contribution in [0.3, 0.4) is 0 Å². The van der Waals surface area contributed by atoms with E-state index in [1.54, 1.807) is 0 Å². The first-order chi connectivity index (χ1) is 9.52. The van der Waals surface area contributed by atoms with Crippen LogP contribution < -0.4 is 11.5 Å². The molecule has 1 atom stereocenters. The predicted molar refractivity (Wildman–Crippen MR) is 89.5 cm³/mol. The molecule has 0 heterocycles. The lowest BCUT2D eigenvalue weighted by Gasteiger charge is -2.50. The highest BCUT2D eigenvalue weighted by Crippen LogP contribution is 2.22. The molecule has 4 N–H and O–H groups in total. The van der Waals surface area contributed by atoms with Crippen LogP contribution in [0.2, 0.25) is 0 Å². The van der Waals surface area contributed by atoms with Crippen LogP contribution in [0, 0.1) is 0 Å². The zero-order chi connectivity index (χ0) is 15.6. The lowest BCUT2D eigenvalue weighted by molar-refractivity contribution is -0.0672. The van der Waals surface area contributed by atoms with Gasteiger partial charge in [0.05, 0.1) is 6.04 Å². The third-order valence-electron chi connectivity index (χ3n) is 4.45. The Morgan fingerprint density at radius 3 is 1.60 bits per heavy atom. The molecule has 1 unspecified atom stereocenters. The molecule has 0 aromatic carbocycles. The summed E-state index contributed by atoms with van der Waals surface area (Å²) in [5.74, 6) is -0.515. The Hall–Kier alpha value is -0.160. The van der Waals surface area contributed by atoms with E-state index in [4.69, 9.17) is 11.5 Å². The van der Waals surface area contributed by atoms with Crippen LogP contribution in [0.15, 0.2) is 0 Å². The fourth-order valence-corrected chi connectivity index (χ4v) is 3.13. The SMILES string of the molecule is CCCCCCC(N)C(N)(N(CC)CC)N(CC)CC. The van der Waals surface area contributed by atoms with Gasteiger partial charge in [0.1, 0.15) is 5.79 Å². The minimum absolute atomic E-state index is 0.000781. The van der Waals surface area contributed by atoms with Gasteiger partial charge in [-0.25, -0.2) is 0 Å². The third kappa shape index (κ3) is 4.99. The van der Waals surface area contributed by atoms with Gasteiger partial charge in [0.2, 0.25) is 0 Å². The van der Waals surface area contributed by atoms with Gasteiger partial charge in [-0.15, -0.1) is 0 Å². The number of nitrogens with two attached hydrogens (primary N) is 2. The molecule has 20 heavy (non-hydrogen) atoms. The van der Waals surface area contributed by atoms with Crippen LogP contribution in [0.1, 0.15) is 66.7 Å². The molecule has 0 aromatic rings. The van der Waals surface area contributed by atoms with Crippen molar-refractivity contribution < 1.29 is 0 Å². The number of nitrogens with zero attached hydrogens (tertiary/aromatic N) is 2. The normalized spacial score (nSPS) is 14.2. The van der Waals surface area contributed by atoms with Gasteiger partial charge in [-0.05, 0) is 32.6 Å². The van der Waals surface area contributed by atoms with E-state index < -0.39 is 5.79 Å². The van der Waals surface area contributed by atoms with Crippen molar-refractivity contribution in [3.63, 3.8) is 0 Å². The maximum Gasteiger partial charge on any atom is 0.141 e. The van der Waals surface area contributed by atoms with E-state index in [1.807, 2.05) is 0 Å². The zero-order valence-electron chi connectivity index (χ0n) is 14.5. The van der Waals surface area contributed by atoms with Crippen molar-refractivity contribution in [2.24, 2.45) is 11.5 Å². The average Bonchev–Trinajstić information content (AvgIpc) is 2.45. The van der Waals surface area contributed by atoms with Crippen LogP contribution in [-0.4, -0.2) is 47.8 Å². The Labute approximate surface area is 126 Å². The summed E-state index contributed by atoms with van der Waals surface area (Å²) < 4.78 is 0. The van der Waals surface area contributed by atoms with E-state index >= 15 is 0 Å². The quantitative estimate of drug-likeness (QED) is 0.428. The molecule has 0 rings (SSSR count). The molecule has 0 aromatic heterocycles. The van der Waals surface area contributed by atoms with Crippen molar-refractivity contribution >= 4 is 0 Å². The number of rotatable bonds is 12. The lowest BCUT2D eigenvalue weighted by Crippen LogP contribution is -2.74. The molecule has 0 fully saturated rings. The summed E-state index contributed by atoms with van der Waals surface area (Å²) in [5.41, 5.74) is 13.3. The molecule has 0 amide bonds. The van der Waals surface area contributed by atoms with Gasteiger partial charge in [0, 0.05) is 0 Å². The molecule has 122 valence electrons. The van der Waals surface area contributed by atoms with Crippen LogP contribution in [0.4, 0.5) is 0 Å². The Kier molecular flexibility index (Phi) is 10.5. The molecule has 0 radical (unpaired) electrons. The summed E-state index contributed by atoms with van der Waals surface area (Å²) in [4.78, 5) is 4.62. The van der Waals surface area contributed by atoms with Crippen molar-refractivity contribution in [1.82, 2.24) is 9.80 Å². The minimum Gasteiger partial charge on any atom is -0.324 e. The molecule has 0 aliphatic rings. The fraction of sp³-hybridized carbons (Fsp3) is 1.00. The lowest BCUT2D eigenvalue weighted by atomic mass is 9.99. The van der Waals surface area contributed by atoms with Gasteiger partial charge in [-0.2, -0.15) is 0 Å². The fourth-order valence-electron chi connectivity index (χ4n) is 3.13. The molecule has 0 saturated heterocycles. The summed E-state index contributed by atoms with van der Waals surface area (Å²) in [6.45, 7) is 14.6. The second-order valence-corrected chi connectivity index (χ2v) is 5.58. The van der Waals surface area contributed by atoms with Crippen LogP contribution in [-0.2, 0) is 0 Å². The van der Waals surface area contributed by atoms with Gasteiger partial charge in [-0.1, -0.05) is 60.3 Å². The molecule has 4 heteroatoms. The summed E-state index contributed by atoms with van der Waals surface area (Å²) in [6.07, 6.45) is 5.99. The van der Waals surface area contributed by atoms with Gasteiger partial charge in [0.15, 0.2) is 0 Å². The Morgan fingerprint density at radius 2 is 1.25 bits per heavy atom. The standard InChI is InChI=1S/C16H38N4/c1-6-11-12-13-14-15(17)16(18,19(7-2)8-3)20(9-4)10-5/h15H,6-14,17-18H2,1-5H3. The van der Waals surface area contributed by atoms with E-state index in [9.17, 15) is 0 Å². The van der Waals surface area contributed by atoms with Crippen molar-refractivity contribution in [1.29, 1.82) is 0 Å². The monoisotopic (exact) mass is 286 g/mol. The smallest absolute Gasteiger partial charge is 0.141 e. The van der Waals surface area contributed by atoms with Gasteiger partial charge < -0.3 is 5.73 Å². The molecule has 0 aliphatic carbocycles. The second-order valence-electron chi connectivity index (χ2n) is 5.58. The number of unbranched alkanes of at least 4 members (excludes halogenated alkanes) is 3. The first-order valence-corrected chi connectivity index (χ1v) is 8.57. The summed E-state index contributed by atoms with van der Waals surface area (Å²) in [7, 11) is 0. The van der Waals surface area contributed by atoms with Crippen LogP contribution >= 0.6 is 0 Å². The highest BCUT2D eigenvalue weighted by molar-refractivity contribution is 4.93. The van der Waals surface area contributed by atoms with Crippen molar-refractivity contribution in [2.45, 2.75) is 78.6 Å². The molecule has 0 bridgehead atoms. The highest BCUT2D eigenvalue weighted by Gasteiger charge is 2.41. The Balaban J connectivity index is 4.90. The van der Waals surface area contributed by atoms with E-state index in [2.05, 4.69) is 44.4 Å². The molecule has 0 aliphatic heterocycles. The number of likely N-dealkylation sites (N-methyl/N-ethyl adjacent to an activating group) is 2. The molecule has 0 saturated carbocycles. The van der Waals surface area contributed by atoms with Crippen molar-refractivity contribution in [2.75, 3.05) is 26.2 Å². The molecule has 4 nitrogen and oxygen atoms in total. The first kappa shape index (κ1) is 19.8. The Bertz CT molecular complexity index is 213. The summed E-state index contributed by atoms with van der Waals surface area (Å²) >= 11 is 0. The number of hydrogen-bond donors (Lipinski definition) is 2. The Morgan fingerprint density at radius 1 is 0.800 bits per heavy atom. The molecule has 0 spiro atoms. The average molecular weight is 287 g/mol. The van der Waals surface area contributed by atoms with E-state index in [0.717, 1.165) is 32.6 Å². The topological polar surface area (TPSA) is 58.5 Å². The zero-order valence-corrected chi connectivity index (χ0v) is 14.5. The van der Waals surface area contributed by atoms with Crippen LogP contribution in [0.5, 0.6) is 0 Å². The number of hydrogen-bond acceptors (Lipinski definition) is 4. The maximum atomic E-state index is 6.81. The second kappa shape index (κ2) is 10.6. The van der Waals surface area contributed by atoms with E-state index in [-0.39, 0.29) is 6.04 Å². The first-order valence-electron chi connectivity index (χ1n) is 8.57. The van der Waals surface area contributed by atoms with Gasteiger partial charge in [-0.3, -0.25) is 15.5 Å². The summed E-state index contributed by atoms with van der Waals surface area (Å²) in [5, 5.41) is 0. The highest BCUT2D eigenvalue weighted by atomic mass is 15.5. The van der Waals surface area contributed by atoms with Crippen LogP contribution in [0.25, 0.3) is 0 Å². The van der Waals surface area contributed by atoms with Gasteiger partial charge in [0.25, 0.3) is 0 Å². The third-order valence-corrected chi connectivity index (χ3v) is 4.45.